The van der Waals surface area contributed by atoms with Gasteiger partial charge in [-0.3, -0.25) is 0 Å². The van der Waals surface area contributed by atoms with E-state index in [4.69, 9.17) is 9.84 Å². The van der Waals surface area contributed by atoms with E-state index in [1.165, 1.54) is 17.9 Å². The van der Waals surface area contributed by atoms with Crippen molar-refractivity contribution >= 4 is 5.97 Å². The first-order valence-electron chi connectivity index (χ1n) is 6.43. The summed E-state index contributed by atoms with van der Waals surface area (Å²) in [7, 11) is 1.46. The Labute approximate surface area is 121 Å². The number of carboxylic acids is 1. The van der Waals surface area contributed by atoms with E-state index in [1.54, 1.807) is 12.1 Å². The van der Waals surface area contributed by atoms with Crippen LogP contribution in [0.15, 0.2) is 18.2 Å². The molecular weight excluding hydrogens is 277 g/mol. The monoisotopic (exact) mass is 293 g/mol. The summed E-state index contributed by atoms with van der Waals surface area (Å²) in [5.41, 5.74) is 0.760. The van der Waals surface area contributed by atoms with Gasteiger partial charge in [-0.05, 0) is 12.0 Å². The summed E-state index contributed by atoms with van der Waals surface area (Å²) in [6.07, 6.45) is 0. The number of hydrogen-bond donors (Lipinski definition) is 1. The van der Waals surface area contributed by atoms with E-state index in [1.807, 2.05) is 13.8 Å². The maximum absolute atomic E-state index is 14.0. The van der Waals surface area contributed by atoms with Crippen molar-refractivity contribution < 1.29 is 19.0 Å². The molecule has 0 spiro atoms. The van der Waals surface area contributed by atoms with Crippen molar-refractivity contribution in [2.24, 2.45) is 0 Å². The van der Waals surface area contributed by atoms with Crippen molar-refractivity contribution in [1.82, 2.24) is 15.0 Å². The average molecular weight is 293 g/mol. The normalized spacial score (nSPS) is 10.9. The Morgan fingerprint density at radius 2 is 2.19 bits per heavy atom. The lowest BCUT2D eigenvalue weighted by Gasteiger charge is -2.11. The van der Waals surface area contributed by atoms with E-state index in [9.17, 15) is 9.18 Å². The lowest BCUT2D eigenvalue weighted by atomic mass is 10.1. The van der Waals surface area contributed by atoms with Crippen molar-refractivity contribution in [3.8, 4) is 5.75 Å². The van der Waals surface area contributed by atoms with Gasteiger partial charge in [-0.2, -0.15) is 0 Å². The van der Waals surface area contributed by atoms with Gasteiger partial charge in [0.1, 0.15) is 11.6 Å². The van der Waals surface area contributed by atoms with Crippen LogP contribution in [0, 0.1) is 5.82 Å². The Hall–Kier alpha value is -2.44. The Bertz CT molecular complexity index is 667. The van der Waals surface area contributed by atoms with Gasteiger partial charge in [0.05, 0.1) is 19.3 Å². The van der Waals surface area contributed by atoms with E-state index in [0.717, 1.165) is 0 Å². The summed E-state index contributed by atoms with van der Waals surface area (Å²) in [5.74, 6) is -1.24. The number of halogens is 1. The molecule has 0 fully saturated rings. The van der Waals surface area contributed by atoms with Gasteiger partial charge in [-0.15, -0.1) is 5.10 Å². The maximum atomic E-state index is 14.0. The van der Waals surface area contributed by atoms with E-state index in [0.29, 0.717) is 17.0 Å². The molecule has 6 nitrogen and oxygen atoms in total. The molecule has 0 saturated heterocycles. The molecule has 0 aliphatic rings. The summed E-state index contributed by atoms with van der Waals surface area (Å²) in [5, 5.41) is 16.6. The van der Waals surface area contributed by atoms with Gasteiger partial charge >= 0.3 is 5.97 Å². The molecule has 0 radical (unpaired) electrons. The fraction of sp³-hybridized carbons (Fsp3) is 0.357. The molecule has 2 rings (SSSR count). The number of carbonyl (C=O) groups is 1. The molecule has 1 N–H and O–H groups in total. The number of ether oxygens (including phenoxy) is 1. The minimum absolute atomic E-state index is 0.0904. The molecule has 0 amide bonds. The molecule has 0 saturated carbocycles. The number of aromatic carboxylic acids is 1. The van der Waals surface area contributed by atoms with Crippen LogP contribution < -0.4 is 4.74 Å². The smallest absolute Gasteiger partial charge is 0.358 e. The van der Waals surface area contributed by atoms with Crippen molar-refractivity contribution in [3.63, 3.8) is 0 Å². The highest BCUT2D eigenvalue weighted by atomic mass is 19.1. The largest absolute Gasteiger partial charge is 0.497 e. The predicted octanol–water partition coefficient (Wildman–Crippen LogP) is 2.30. The summed E-state index contributed by atoms with van der Waals surface area (Å²) in [6, 6.07) is 4.50. The topological polar surface area (TPSA) is 77.2 Å². The van der Waals surface area contributed by atoms with Crippen LogP contribution in [-0.4, -0.2) is 33.2 Å². The van der Waals surface area contributed by atoms with Gasteiger partial charge in [0, 0.05) is 11.6 Å². The highest BCUT2D eigenvalue weighted by Crippen LogP contribution is 2.21. The van der Waals surface area contributed by atoms with E-state index < -0.39 is 11.8 Å². The molecular formula is C14H16FN3O3. The van der Waals surface area contributed by atoms with Crippen molar-refractivity contribution in [2.75, 3.05) is 7.11 Å². The van der Waals surface area contributed by atoms with Gasteiger partial charge in [0.2, 0.25) is 0 Å². The van der Waals surface area contributed by atoms with Gasteiger partial charge < -0.3 is 9.84 Å². The number of benzene rings is 1. The van der Waals surface area contributed by atoms with Crippen molar-refractivity contribution in [1.29, 1.82) is 0 Å². The summed E-state index contributed by atoms with van der Waals surface area (Å²) in [4.78, 5) is 11.1. The number of carboxylic acid groups (broad SMARTS) is 1. The van der Waals surface area contributed by atoms with E-state index in [-0.39, 0.29) is 18.2 Å². The average Bonchev–Trinajstić information content (AvgIpc) is 2.85. The zero-order chi connectivity index (χ0) is 15.6. The molecule has 2 aromatic rings. The Kier molecular flexibility index (Phi) is 4.21. The molecule has 112 valence electrons. The number of methoxy groups -OCH3 is 1. The second-order valence-corrected chi connectivity index (χ2v) is 4.90. The Balaban J connectivity index is 2.38. The number of aromatic nitrogens is 3. The third-order valence-electron chi connectivity index (χ3n) is 3.10. The third kappa shape index (κ3) is 3.01. The second-order valence-electron chi connectivity index (χ2n) is 4.90. The van der Waals surface area contributed by atoms with E-state index in [2.05, 4.69) is 10.3 Å². The van der Waals surface area contributed by atoms with Crippen LogP contribution >= 0.6 is 0 Å². The number of nitrogens with zero attached hydrogens (tertiary/aromatic N) is 3. The predicted molar refractivity (Wildman–Crippen MR) is 73.1 cm³/mol. The Morgan fingerprint density at radius 1 is 1.48 bits per heavy atom. The van der Waals surface area contributed by atoms with E-state index >= 15 is 0 Å². The van der Waals surface area contributed by atoms with Gasteiger partial charge in [-0.1, -0.05) is 25.1 Å². The van der Waals surface area contributed by atoms with Crippen LogP contribution in [0.3, 0.4) is 0 Å². The quantitative estimate of drug-likeness (QED) is 0.915. The fourth-order valence-corrected chi connectivity index (χ4v) is 2.11. The number of hydrogen-bond acceptors (Lipinski definition) is 4. The molecule has 1 heterocycles. The standard InChI is InChI=1S/C14H16FN3O3/c1-8(2)13-12(14(19)20)16-17-18(13)7-9-4-5-10(21-3)6-11(9)15/h4-6,8H,7H2,1-3H3,(H,19,20). The molecule has 1 aromatic carbocycles. The van der Waals surface area contributed by atoms with Crippen LogP contribution in [0.25, 0.3) is 0 Å². The highest BCUT2D eigenvalue weighted by molar-refractivity contribution is 5.86. The lowest BCUT2D eigenvalue weighted by Crippen LogP contribution is -2.11. The SMILES string of the molecule is COc1ccc(Cn2nnc(C(=O)O)c2C(C)C)c(F)c1. The molecule has 0 aliphatic carbocycles. The van der Waals surface area contributed by atoms with Gasteiger partial charge in [-0.25, -0.2) is 13.9 Å². The lowest BCUT2D eigenvalue weighted by molar-refractivity contribution is 0.0688. The molecule has 0 bridgehead atoms. The van der Waals surface area contributed by atoms with Gasteiger partial charge in [0.15, 0.2) is 5.69 Å². The zero-order valence-electron chi connectivity index (χ0n) is 12.0. The van der Waals surface area contributed by atoms with Crippen molar-refractivity contribution in [2.45, 2.75) is 26.3 Å². The first-order chi connectivity index (χ1) is 9.93. The van der Waals surface area contributed by atoms with Crippen LogP contribution in [0.1, 0.15) is 41.5 Å². The molecule has 21 heavy (non-hydrogen) atoms. The third-order valence-corrected chi connectivity index (χ3v) is 3.10. The zero-order valence-corrected chi connectivity index (χ0v) is 12.0. The van der Waals surface area contributed by atoms with Crippen LogP contribution in [0.4, 0.5) is 4.39 Å². The minimum atomic E-state index is -1.14. The van der Waals surface area contributed by atoms with Gasteiger partial charge in [0.25, 0.3) is 0 Å². The molecule has 0 atom stereocenters. The summed E-state index contributed by atoms with van der Waals surface area (Å²) in [6.45, 7) is 3.79. The molecule has 1 aromatic heterocycles. The van der Waals surface area contributed by atoms with Crippen LogP contribution in [0.5, 0.6) is 5.75 Å². The van der Waals surface area contributed by atoms with Crippen LogP contribution in [0.2, 0.25) is 0 Å². The van der Waals surface area contributed by atoms with Crippen molar-refractivity contribution in [3.05, 3.63) is 41.0 Å². The summed E-state index contributed by atoms with van der Waals surface area (Å²) < 4.78 is 20.3. The molecule has 0 unspecified atom stereocenters. The van der Waals surface area contributed by atoms with Crippen LogP contribution in [-0.2, 0) is 6.54 Å². The number of rotatable bonds is 5. The highest BCUT2D eigenvalue weighted by Gasteiger charge is 2.22. The first-order valence-corrected chi connectivity index (χ1v) is 6.43. The minimum Gasteiger partial charge on any atom is -0.497 e. The maximum Gasteiger partial charge on any atom is 0.358 e. The Morgan fingerprint density at radius 3 is 2.71 bits per heavy atom. The fourth-order valence-electron chi connectivity index (χ4n) is 2.11. The molecule has 0 aliphatic heterocycles. The second kappa shape index (κ2) is 5.90. The summed E-state index contributed by atoms with van der Waals surface area (Å²) >= 11 is 0. The molecule has 7 heteroatoms. The first kappa shape index (κ1) is 15.0.